The number of amides is 4. The molecule has 3 heterocycles. The van der Waals surface area contributed by atoms with Gasteiger partial charge in [0.05, 0.1) is 20.9 Å². The van der Waals surface area contributed by atoms with Crippen molar-refractivity contribution in [2.45, 2.75) is 75.4 Å². The summed E-state index contributed by atoms with van der Waals surface area (Å²) in [5, 5.41) is 27.3. The highest BCUT2D eigenvalue weighted by Crippen LogP contribution is 2.42. The molecule has 7 rings (SSSR count). The molecule has 0 aliphatic carbocycles. The van der Waals surface area contributed by atoms with E-state index in [-0.39, 0.29) is 52.3 Å². The van der Waals surface area contributed by atoms with Gasteiger partial charge in [-0.2, -0.15) is 4.79 Å². The van der Waals surface area contributed by atoms with Crippen LogP contribution < -0.4 is 5.32 Å². The van der Waals surface area contributed by atoms with Gasteiger partial charge in [0.25, 0.3) is 31.4 Å². The second-order valence-corrected chi connectivity index (χ2v) is 21.2. The molecule has 0 spiro atoms. The number of rotatable bonds is 14. The van der Waals surface area contributed by atoms with Crippen molar-refractivity contribution < 1.29 is 55.4 Å². The lowest BCUT2D eigenvalue weighted by Gasteiger charge is -2.42. The largest absolute Gasteiger partial charge is 0.421 e. The number of nitrogens with zero attached hydrogens (tertiary/aromatic N) is 8. The number of aromatic nitrogens is 2. The molecule has 1 N–H and O–H groups in total. The molecule has 4 amide bonds. The number of ketones is 1. The van der Waals surface area contributed by atoms with Crippen LogP contribution in [0.1, 0.15) is 64.6 Å². The number of likely N-dealkylation sites (tertiary alicyclic amines) is 1. The van der Waals surface area contributed by atoms with Gasteiger partial charge in [0.15, 0.2) is 9.79 Å². The van der Waals surface area contributed by atoms with Crippen LogP contribution in [0.15, 0.2) is 119 Å². The first-order valence-electron chi connectivity index (χ1n) is 21.3. The fourth-order valence-corrected chi connectivity index (χ4v) is 11.6. The van der Waals surface area contributed by atoms with Gasteiger partial charge in [-0.15, -0.1) is 0 Å². The summed E-state index contributed by atoms with van der Waals surface area (Å²) in [5.41, 5.74) is 3.40. The molecule has 0 radical (unpaired) electrons. The van der Waals surface area contributed by atoms with Crippen molar-refractivity contribution in [3.8, 4) is 0 Å². The summed E-state index contributed by atoms with van der Waals surface area (Å²) < 4.78 is 59.8. The average Bonchev–Trinajstić information content (AvgIpc) is 3.88. The maximum absolute atomic E-state index is 15.9. The summed E-state index contributed by atoms with van der Waals surface area (Å²) in [5.74, 6) is -5.59. The van der Waals surface area contributed by atoms with E-state index >= 15 is 9.59 Å². The van der Waals surface area contributed by atoms with Crippen LogP contribution in [-0.4, -0.2) is 96.4 Å². The standard InChI is InChI=1S/C46H43N9O13S2/c1-28(56)39(49-47)42(58)50-24-14-23-46(5,43(50)59)44(60)51(25-29-26-52(33-17-8-6-15-30(29)33)69(65,66)37-21-12-10-19-35(37)54(61)62)40(41(57)48-45(2,3)4)32-27-53(34-18-9-7-16-31(32)34)70(67,68)38-22-13-11-20-36(38)55(63)64/h6-13,15-22,26-27,40H,14,23-25H2,1-5H3,(H,48,57)/t40?,46-/m0/s1. The van der Waals surface area contributed by atoms with Crippen molar-refractivity contribution in [3.63, 3.8) is 0 Å². The van der Waals surface area contributed by atoms with Crippen molar-refractivity contribution in [3.05, 3.63) is 146 Å². The summed E-state index contributed by atoms with van der Waals surface area (Å²) in [6, 6.07) is 18.9. The fourth-order valence-electron chi connectivity index (χ4n) is 8.55. The maximum atomic E-state index is 15.9. The highest BCUT2D eigenvalue weighted by atomic mass is 32.2. The van der Waals surface area contributed by atoms with Crippen molar-refractivity contribution in [1.29, 1.82) is 0 Å². The SMILES string of the molecule is CC(=O)C(=[N+]=[N-])C(=O)N1CCC[C@](C)(C(=O)N(Cc2cn(S(=O)(=O)c3ccccc3[N+](=O)[O-])c3ccccc23)C(C(=O)NC(C)(C)C)c2cn(S(=O)(=O)c3ccccc3[N+](=O)[O-])c3ccccc23)C1=O. The number of nitrogens with one attached hydrogen (secondary N) is 1. The second kappa shape index (κ2) is 18.4. The Hall–Kier alpha value is -8.21. The number of fused-ring (bicyclic) bond motifs is 2. The lowest BCUT2D eigenvalue weighted by molar-refractivity contribution is -0.388. The van der Waals surface area contributed by atoms with Crippen LogP contribution in [0.2, 0.25) is 0 Å². The number of carbonyl (C=O) groups excluding carboxylic acids is 5. The predicted molar refractivity (Wildman–Crippen MR) is 250 cm³/mol. The van der Waals surface area contributed by atoms with Gasteiger partial charge >= 0.3 is 11.6 Å². The Morgan fingerprint density at radius 2 is 1.29 bits per heavy atom. The summed E-state index contributed by atoms with van der Waals surface area (Å²) >= 11 is 0. The van der Waals surface area contributed by atoms with E-state index in [1.54, 1.807) is 20.8 Å². The topological polar surface area (TPSA) is 305 Å². The van der Waals surface area contributed by atoms with Gasteiger partial charge < -0.3 is 15.7 Å². The first-order valence-corrected chi connectivity index (χ1v) is 24.1. The maximum Gasteiger partial charge on any atom is 0.421 e. The second-order valence-electron chi connectivity index (χ2n) is 17.6. The lowest BCUT2D eigenvalue weighted by atomic mass is 9.78. The Labute approximate surface area is 399 Å². The van der Waals surface area contributed by atoms with Crippen molar-refractivity contribution >= 4 is 88.4 Å². The third kappa shape index (κ3) is 8.74. The smallest absolute Gasteiger partial charge is 0.360 e. The number of nitro benzene ring substituents is 2. The minimum absolute atomic E-state index is 0.00186. The molecule has 1 saturated heterocycles. The third-order valence-corrected chi connectivity index (χ3v) is 15.2. The zero-order valence-electron chi connectivity index (χ0n) is 38.0. The number of para-hydroxylation sites is 4. The van der Waals surface area contributed by atoms with E-state index in [1.165, 1.54) is 79.7 Å². The Morgan fingerprint density at radius 3 is 1.80 bits per heavy atom. The van der Waals surface area contributed by atoms with E-state index in [1.807, 2.05) is 0 Å². The molecule has 1 fully saturated rings. The molecule has 6 aromatic rings. The quantitative estimate of drug-likeness (QED) is 0.0363. The molecular weight excluding hydrogens is 951 g/mol. The monoisotopic (exact) mass is 993 g/mol. The fraction of sp³-hybridized carbons (Fsp3) is 0.261. The van der Waals surface area contributed by atoms with Gasteiger partial charge in [-0.3, -0.25) is 49.1 Å². The first-order chi connectivity index (χ1) is 32.9. The number of hydrogen-bond acceptors (Lipinski definition) is 13. The van der Waals surface area contributed by atoms with Gasteiger partial charge in [0.1, 0.15) is 11.5 Å². The van der Waals surface area contributed by atoms with Crippen LogP contribution in [0.4, 0.5) is 11.4 Å². The Kier molecular flexibility index (Phi) is 13.0. The van der Waals surface area contributed by atoms with Crippen molar-refractivity contribution in [2.75, 3.05) is 6.54 Å². The number of benzene rings is 4. The number of piperidine rings is 1. The summed E-state index contributed by atoms with van der Waals surface area (Å²) in [7, 11) is -9.74. The highest BCUT2D eigenvalue weighted by molar-refractivity contribution is 7.90. The van der Waals surface area contributed by atoms with E-state index in [4.69, 9.17) is 0 Å². The molecule has 0 bridgehead atoms. The Balaban J connectivity index is 1.52. The molecule has 4 aromatic carbocycles. The van der Waals surface area contributed by atoms with Gasteiger partial charge in [0.2, 0.25) is 23.5 Å². The van der Waals surface area contributed by atoms with Crippen LogP contribution in [0.25, 0.3) is 27.3 Å². The summed E-state index contributed by atoms with van der Waals surface area (Å²) in [6.45, 7) is 5.88. The van der Waals surface area contributed by atoms with Crippen molar-refractivity contribution in [1.82, 2.24) is 23.1 Å². The average molecular weight is 994 g/mol. The van der Waals surface area contributed by atoms with Crippen LogP contribution in [-0.2, 0) is 50.6 Å². The molecule has 2 atom stereocenters. The molecule has 2 aromatic heterocycles. The molecule has 70 heavy (non-hydrogen) atoms. The molecule has 22 nitrogen and oxygen atoms in total. The number of imide groups is 1. The molecule has 24 heteroatoms. The Morgan fingerprint density at radius 1 is 0.800 bits per heavy atom. The van der Waals surface area contributed by atoms with Gasteiger partial charge in [-0.25, -0.2) is 24.8 Å². The van der Waals surface area contributed by atoms with E-state index in [9.17, 15) is 57.0 Å². The van der Waals surface area contributed by atoms with Crippen molar-refractivity contribution in [2.24, 2.45) is 5.41 Å². The molecule has 1 aliphatic rings. The highest BCUT2D eigenvalue weighted by Gasteiger charge is 2.53. The minimum Gasteiger partial charge on any atom is -0.360 e. The van der Waals surface area contributed by atoms with Crippen LogP contribution in [0.3, 0.4) is 0 Å². The van der Waals surface area contributed by atoms with E-state index in [0.29, 0.717) is 4.90 Å². The zero-order chi connectivity index (χ0) is 51.2. The van der Waals surface area contributed by atoms with Gasteiger partial charge in [0, 0.05) is 66.4 Å². The van der Waals surface area contributed by atoms with Crippen LogP contribution >= 0.6 is 0 Å². The Bertz CT molecular complexity index is 3520. The number of Topliss-reactive ketones (excluding diaryl/α,β-unsaturated/α-hetero) is 1. The zero-order valence-corrected chi connectivity index (χ0v) is 39.6. The molecule has 0 saturated carbocycles. The summed E-state index contributed by atoms with van der Waals surface area (Å²) in [6.07, 6.45) is 1.79. The van der Waals surface area contributed by atoms with Gasteiger partial charge in [-0.05, 0) is 70.4 Å². The van der Waals surface area contributed by atoms with E-state index < -0.39 is 110 Å². The summed E-state index contributed by atoms with van der Waals surface area (Å²) in [4.78, 5) is 97.1. The molecular formula is C46H43N9O13S2. The van der Waals surface area contributed by atoms with Gasteiger partial charge in [-0.1, -0.05) is 60.7 Å². The molecule has 362 valence electrons. The first kappa shape index (κ1) is 49.7. The van der Waals surface area contributed by atoms with E-state index in [2.05, 4.69) is 10.1 Å². The van der Waals surface area contributed by atoms with Crippen LogP contribution in [0.5, 0.6) is 0 Å². The molecule has 1 unspecified atom stereocenters. The third-order valence-electron chi connectivity index (χ3n) is 11.8. The predicted octanol–water partition coefficient (Wildman–Crippen LogP) is 5.29. The molecule has 1 aliphatic heterocycles. The lowest BCUT2D eigenvalue weighted by Crippen LogP contribution is -2.60. The van der Waals surface area contributed by atoms with Crippen LogP contribution in [0, 0.1) is 25.6 Å². The minimum atomic E-state index is -4.91. The number of hydrogen-bond donors (Lipinski definition) is 1. The normalized spacial score (nSPS) is 15.8. The number of nitro groups is 2. The van der Waals surface area contributed by atoms with E-state index in [0.717, 1.165) is 56.4 Å². The number of carbonyl (C=O) groups is 5.